The number of hydrogen-bond donors (Lipinski definition) is 2. The van der Waals surface area contributed by atoms with Gasteiger partial charge in [-0.2, -0.15) is 0 Å². The molecule has 2 rings (SSSR count). The molecule has 0 atom stereocenters. The first-order valence-electron chi connectivity index (χ1n) is 3.08. The maximum atomic E-state index is 11.2. The number of hydrogen-bond acceptors (Lipinski definition) is 4. The Kier molecular flexibility index (Phi) is 1.60. The van der Waals surface area contributed by atoms with Crippen molar-refractivity contribution < 1.29 is 0 Å². The molecule has 7 heteroatoms. The predicted molar refractivity (Wildman–Crippen MR) is 42.4 cm³/mol. The van der Waals surface area contributed by atoms with Gasteiger partial charge in [0.1, 0.15) is 0 Å². The van der Waals surface area contributed by atoms with Gasteiger partial charge < -0.3 is 0 Å². The van der Waals surface area contributed by atoms with E-state index >= 15 is 0 Å². The number of nitrogens with zero attached hydrogens (tertiary/aromatic N) is 3. The Morgan fingerprint density at radius 3 is 3.17 bits per heavy atom. The van der Waals surface area contributed by atoms with Crippen LogP contribution in [0.15, 0.2) is 15.1 Å². The molecule has 0 saturated heterocycles. The van der Waals surface area contributed by atoms with Gasteiger partial charge in [-0.05, 0) is 0 Å². The van der Waals surface area contributed by atoms with Gasteiger partial charge in [-0.25, -0.2) is 0 Å². The summed E-state index contributed by atoms with van der Waals surface area (Å²) in [5.74, 6) is 0.236. The maximum absolute atomic E-state index is 11.2. The Labute approximate surface area is 74.1 Å². The number of H-pyrrole nitrogens is 2. The number of nitrogens with one attached hydrogen (secondary N) is 2. The molecule has 0 aromatic carbocycles. The quantitative estimate of drug-likeness (QED) is 0.653. The third-order valence-electron chi connectivity index (χ3n) is 1.37. The van der Waals surface area contributed by atoms with Crippen LogP contribution in [0.25, 0.3) is 11.2 Å². The van der Waals surface area contributed by atoms with Crippen LogP contribution in [0.4, 0.5) is 5.95 Å². The molecule has 2 aromatic rings. The van der Waals surface area contributed by atoms with Crippen molar-refractivity contribution in [3.63, 3.8) is 0 Å². The SMILES string of the molecule is O=c1[nH]c(N=[Se])nc2nc[nH]c12. The average molecular weight is 228 g/mol. The molecule has 0 spiro atoms. The number of fused-ring (bicyclic) bond motifs is 1. The molecule has 0 saturated carbocycles. The van der Waals surface area contributed by atoms with Crippen LogP contribution in [0.2, 0.25) is 0 Å². The number of aromatic amines is 2. The summed E-state index contributed by atoms with van der Waals surface area (Å²) >= 11 is 2.40. The minimum atomic E-state index is -0.272. The molecule has 6 nitrogen and oxygen atoms in total. The molecule has 60 valence electrons. The standard InChI is InChI=1S/C5H3N5OSe/c11-4-2-3(7-1-6-2)8-5(9-4)10-12/h1H,(H2,6,7,8,9,11). The minimum absolute atomic E-state index is 0.236. The van der Waals surface area contributed by atoms with Crippen LogP contribution in [0, 0.1) is 0 Å². The molecular weight excluding hydrogens is 225 g/mol. The van der Waals surface area contributed by atoms with E-state index in [1.165, 1.54) is 6.33 Å². The Morgan fingerprint density at radius 1 is 1.58 bits per heavy atom. The van der Waals surface area contributed by atoms with Crippen LogP contribution in [0.5, 0.6) is 0 Å². The van der Waals surface area contributed by atoms with Gasteiger partial charge in [-0.15, -0.1) is 0 Å². The van der Waals surface area contributed by atoms with E-state index in [9.17, 15) is 4.79 Å². The van der Waals surface area contributed by atoms with Gasteiger partial charge in [0.2, 0.25) is 0 Å². The Bertz CT molecular complexity index is 486. The summed E-state index contributed by atoms with van der Waals surface area (Å²) in [5.41, 5.74) is 0.460. The molecule has 12 heavy (non-hydrogen) atoms. The number of imidazole rings is 1. The van der Waals surface area contributed by atoms with E-state index in [0.29, 0.717) is 11.2 Å². The van der Waals surface area contributed by atoms with Crippen molar-refractivity contribution in [1.82, 2.24) is 19.9 Å². The monoisotopic (exact) mass is 229 g/mol. The van der Waals surface area contributed by atoms with Crippen molar-refractivity contribution in [2.24, 2.45) is 3.96 Å². The van der Waals surface area contributed by atoms with Gasteiger partial charge in [-0.1, -0.05) is 0 Å². The normalized spacial score (nSPS) is 10.3. The fraction of sp³-hybridized carbons (Fsp3) is 0. The van der Waals surface area contributed by atoms with Gasteiger partial charge in [-0.3, -0.25) is 0 Å². The van der Waals surface area contributed by atoms with Gasteiger partial charge in [0, 0.05) is 0 Å². The third-order valence-corrected chi connectivity index (χ3v) is 1.73. The molecule has 2 N–H and O–H groups in total. The van der Waals surface area contributed by atoms with E-state index < -0.39 is 0 Å². The summed E-state index contributed by atoms with van der Waals surface area (Å²) in [4.78, 5) is 24.0. The first-order chi connectivity index (χ1) is 5.81. The van der Waals surface area contributed by atoms with Crippen molar-refractivity contribution in [1.29, 1.82) is 0 Å². The Balaban J connectivity index is 2.93. The summed E-state index contributed by atoms with van der Waals surface area (Å²) in [6, 6.07) is 0. The molecule has 2 aromatic heterocycles. The Morgan fingerprint density at radius 2 is 2.42 bits per heavy atom. The predicted octanol–water partition coefficient (Wildman–Crippen LogP) is -0.370. The van der Waals surface area contributed by atoms with Crippen LogP contribution in [0.3, 0.4) is 0 Å². The van der Waals surface area contributed by atoms with Crippen LogP contribution in [-0.2, 0) is 0 Å². The van der Waals surface area contributed by atoms with E-state index in [1.54, 1.807) is 0 Å². The van der Waals surface area contributed by atoms with Crippen molar-refractivity contribution in [2.45, 2.75) is 0 Å². The summed E-state index contributed by atoms with van der Waals surface area (Å²) in [6.45, 7) is 0. The van der Waals surface area contributed by atoms with Crippen LogP contribution in [0.1, 0.15) is 0 Å². The zero-order chi connectivity index (χ0) is 8.55. The zero-order valence-corrected chi connectivity index (χ0v) is 7.45. The molecule has 0 radical (unpaired) electrons. The fourth-order valence-corrected chi connectivity index (χ4v) is 1.06. The second-order valence-corrected chi connectivity index (χ2v) is 2.47. The van der Waals surface area contributed by atoms with Crippen molar-refractivity contribution in [2.75, 3.05) is 0 Å². The van der Waals surface area contributed by atoms with Crippen molar-refractivity contribution in [3.8, 4) is 0 Å². The van der Waals surface area contributed by atoms with E-state index in [-0.39, 0.29) is 11.5 Å². The average Bonchev–Trinajstić information content (AvgIpc) is 2.52. The summed E-state index contributed by atoms with van der Waals surface area (Å²) in [5, 5.41) is 0. The van der Waals surface area contributed by atoms with Crippen LogP contribution in [-0.4, -0.2) is 35.8 Å². The van der Waals surface area contributed by atoms with Gasteiger partial charge in [0.15, 0.2) is 0 Å². The number of aromatic nitrogens is 4. The topological polar surface area (TPSA) is 86.8 Å². The summed E-state index contributed by atoms with van der Waals surface area (Å²) in [6.07, 6.45) is 1.41. The summed E-state index contributed by atoms with van der Waals surface area (Å²) in [7, 11) is 0. The first-order valence-corrected chi connectivity index (χ1v) is 3.84. The van der Waals surface area contributed by atoms with E-state index in [0.717, 1.165) is 0 Å². The van der Waals surface area contributed by atoms with Crippen LogP contribution >= 0.6 is 0 Å². The van der Waals surface area contributed by atoms with Crippen molar-refractivity contribution >= 4 is 32.9 Å². The van der Waals surface area contributed by atoms with Crippen molar-refractivity contribution in [3.05, 3.63) is 16.7 Å². The van der Waals surface area contributed by atoms with Gasteiger partial charge >= 0.3 is 73.5 Å². The van der Waals surface area contributed by atoms with Crippen LogP contribution < -0.4 is 5.56 Å². The molecule has 0 unspecified atom stereocenters. The van der Waals surface area contributed by atoms with E-state index in [2.05, 4.69) is 39.7 Å². The molecule has 0 fully saturated rings. The molecule has 0 bridgehead atoms. The molecule has 0 amide bonds. The molecule has 2 heterocycles. The second-order valence-electron chi connectivity index (χ2n) is 2.08. The van der Waals surface area contributed by atoms with Gasteiger partial charge in [0.25, 0.3) is 0 Å². The van der Waals surface area contributed by atoms with Gasteiger partial charge in [0.05, 0.1) is 0 Å². The molecular formula is C5H3N5OSe. The molecule has 0 aliphatic carbocycles. The molecule has 0 aliphatic heterocycles. The third kappa shape index (κ3) is 0.992. The van der Waals surface area contributed by atoms with E-state index in [1.807, 2.05) is 0 Å². The number of rotatable bonds is 1. The first kappa shape index (κ1) is 7.33. The second kappa shape index (κ2) is 2.62. The van der Waals surface area contributed by atoms with E-state index in [4.69, 9.17) is 0 Å². The summed E-state index contributed by atoms with van der Waals surface area (Å²) < 4.78 is 3.62. The Hall–Kier alpha value is -1.33. The fourth-order valence-electron chi connectivity index (χ4n) is 0.874. The molecule has 0 aliphatic rings. The zero-order valence-electron chi connectivity index (χ0n) is 5.74.